The van der Waals surface area contributed by atoms with Crippen molar-refractivity contribution >= 4 is 11.8 Å². The van der Waals surface area contributed by atoms with Crippen LogP contribution in [0, 0.1) is 17.6 Å². The molecule has 166 valence electrons. The van der Waals surface area contributed by atoms with Gasteiger partial charge in [0, 0.05) is 38.7 Å². The largest absolute Gasteiger partial charge is 0.435 e. The number of benzene rings is 2. The van der Waals surface area contributed by atoms with Gasteiger partial charge in [-0.3, -0.25) is 9.59 Å². The fourth-order valence-corrected chi connectivity index (χ4v) is 3.60. The lowest BCUT2D eigenvalue weighted by atomic mass is 9.94. The van der Waals surface area contributed by atoms with Gasteiger partial charge >= 0.3 is 6.61 Å². The lowest BCUT2D eigenvalue weighted by Crippen LogP contribution is -2.43. The van der Waals surface area contributed by atoms with E-state index < -0.39 is 24.2 Å². The molecule has 0 saturated carbocycles. The van der Waals surface area contributed by atoms with Gasteiger partial charge in [0.05, 0.1) is 5.56 Å². The molecule has 9 heteroatoms. The van der Waals surface area contributed by atoms with Crippen LogP contribution in [0.3, 0.4) is 0 Å². The highest BCUT2D eigenvalue weighted by molar-refractivity contribution is 5.94. The van der Waals surface area contributed by atoms with Gasteiger partial charge in [0.2, 0.25) is 5.91 Å². The predicted molar refractivity (Wildman–Crippen MR) is 105 cm³/mol. The number of amides is 2. The van der Waals surface area contributed by atoms with Crippen LogP contribution in [-0.2, 0) is 11.3 Å². The van der Waals surface area contributed by atoms with E-state index in [0.29, 0.717) is 38.5 Å². The van der Waals surface area contributed by atoms with E-state index in [1.54, 1.807) is 24.1 Å². The third-order valence-electron chi connectivity index (χ3n) is 5.24. The number of hydrogen-bond donors (Lipinski definition) is 0. The Morgan fingerprint density at radius 2 is 1.74 bits per heavy atom. The molecule has 3 rings (SSSR count). The Morgan fingerprint density at radius 1 is 1.10 bits per heavy atom. The molecule has 0 bridgehead atoms. The maximum atomic E-state index is 13.9. The normalized spacial score (nSPS) is 14.6. The van der Waals surface area contributed by atoms with E-state index in [0.717, 1.165) is 17.7 Å². The highest BCUT2D eigenvalue weighted by Gasteiger charge is 2.30. The summed E-state index contributed by atoms with van der Waals surface area (Å²) in [6.07, 6.45) is 0.859. The molecule has 0 atom stereocenters. The minimum absolute atomic E-state index is 0.0439. The number of alkyl halides is 2. The Hall–Kier alpha value is -3.10. The number of likely N-dealkylation sites (tertiary alicyclic amines) is 1. The van der Waals surface area contributed by atoms with Crippen molar-refractivity contribution in [1.82, 2.24) is 9.80 Å². The quantitative estimate of drug-likeness (QED) is 0.639. The lowest BCUT2D eigenvalue weighted by molar-refractivity contribution is -0.136. The summed E-state index contributed by atoms with van der Waals surface area (Å²) < 4.78 is 55.7. The first kappa shape index (κ1) is 22.6. The summed E-state index contributed by atoms with van der Waals surface area (Å²) in [5.41, 5.74) is 0.569. The molecule has 1 heterocycles. The predicted octanol–water partition coefficient (Wildman–Crippen LogP) is 4.08. The van der Waals surface area contributed by atoms with Gasteiger partial charge in [0.15, 0.2) is 0 Å². The lowest BCUT2D eigenvalue weighted by Gasteiger charge is -2.33. The molecule has 0 aliphatic carbocycles. The molecular formula is C22H22F4N2O3. The number of halogens is 4. The van der Waals surface area contributed by atoms with Crippen LogP contribution >= 0.6 is 0 Å². The van der Waals surface area contributed by atoms with Crippen LogP contribution in [-0.4, -0.2) is 48.4 Å². The van der Waals surface area contributed by atoms with E-state index in [1.165, 1.54) is 17.0 Å². The second-order valence-electron chi connectivity index (χ2n) is 7.41. The molecule has 1 saturated heterocycles. The zero-order chi connectivity index (χ0) is 22.5. The van der Waals surface area contributed by atoms with E-state index in [2.05, 4.69) is 4.74 Å². The summed E-state index contributed by atoms with van der Waals surface area (Å²) in [6.45, 7) is -2.01. The summed E-state index contributed by atoms with van der Waals surface area (Å²) in [7, 11) is 1.65. The maximum absolute atomic E-state index is 13.9. The second-order valence-corrected chi connectivity index (χ2v) is 7.41. The number of carbonyl (C=O) groups is 2. The molecule has 0 aromatic heterocycles. The second kappa shape index (κ2) is 9.80. The molecular weight excluding hydrogens is 416 g/mol. The van der Waals surface area contributed by atoms with Crippen molar-refractivity contribution in [3.63, 3.8) is 0 Å². The number of ether oxygens (including phenoxy) is 1. The number of hydrogen-bond acceptors (Lipinski definition) is 3. The third kappa shape index (κ3) is 5.74. The van der Waals surface area contributed by atoms with Gasteiger partial charge in [0.25, 0.3) is 5.91 Å². The van der Waals surface area contributed by atoms with Crippen molar-refractivity contribution in [1.29, 1.82) is 0 Å². The molecule has 0 N–H and O–H groups in total. The molecule has 1 fully saturated rings. The first-order valence-corrected chi connectivity index (χ1v) is 9.77. The van der Waals surface area contributed by atoms with Crippen LogP contribution in [0.5, 0.6) is 5.75 Å². The van der Waals surface area contributed by atoms with Crippen molar-refractivity contribution in [2.24, 2.45) is 5.92 Å². The molecule has 2 amide bonds. The SMILES string of the molecule is CN(Cc1ccc(OC(F)F)cc1)C(=O)C1CCN(C(=O)c2ccc(F)cc2F)CC1. The Labute approximate surface area is 177 Å². The van der Waals surface area contributed by atoms with Gasteiger partial charge in [-0.2, -0.15) is 8.78 Å². The molecule has 1 aliphatic heterocycles. The molecule has 2 aromatic carbocycles. The highest BCUT2D eigenvalue weighted by Crippen LogP contribution is 2.23. The summed E-state index contributed by atoms with van der Waals surface area (Å²) in [5.74, 6) is -2.52. The van der Waals surface area contributed by atoms with Crippen LogP contribution in [0.25, 0.3) is 0 Å². The fraction of sp³-hybridized carbons (Fsp3) is 0.364. The first-order valence-electron chi connectivity index (χ1n) is 9.77. The Kier molecular flexibility index (Phi) is 7.14. The fourth-order valence-electron chi connectivity index (χ4n) is 3.60. The summed E-state index contributed by atoms with van der Waals surface area (Å²) >= 11 is 0. The molecule has 0 unspecified atom stereocenters. The first-order chi connectivity index (χ1) is 14.7. The van der Waals surface area contributed by atoms with Crippen molar-refractivity contribution < 1.29 is 31.9 Å². The third-order valence-corrected chi connectivity index (χ3v) is 5.24. The van der Waals surface area contributed by atoms with Crippen LogP contribution in [0.15, 0.2) is 42.5 Å². The van der Waals surface area contributed by atoms with Crippen molar-refractivity contribution in [2.45, 2.75) is 26.0 Å². The number of carbonyl (C=O) groups excluding carboxylic acids is 2. The average Bonchev–Trinajstić information content (AvgIpc) is 2.74. The maximum Gasteiger partial charge on any atom is 0.387 e. The van der Waals surface area contributed by atoms with Gasteiger partial charge in [-0.25, -0.2) is 8.78 Å². The minimum atomic E-state index is -2.90. The van der Waals surface area contributed by atoms with Gasteiger partial charge < -0.3 is 14.5 Å². The van der Waals surface area contributed by atoms with Crippen molar-refractivity contribution in [2.75, 3.05) is 20.1 Å². The van der Waals surface area contributed by atoms with Crippen molar-refractivity contribution in [3.05, 3.63) is 65.2 Å². The summed E-state index contributed by atoms with van der Waals surface area (Å²) in [5, 5.41) is 0. The Balaban J connectivity index is 1.52. The highest BCUT2D eigenvalue weighted by atomic mass is 19.3. The van der Waals surface area contributed by atoms with E-state index in [9.17, 15) is 27.2 Å². The van der Waals surface area contributed by atoms with Gasteiger partial charge in [-0.1, -0.05) is 12.1 Å². The van der Waals surface area contributed by atoms with Crippen LogP contribution in [0.4, 0.5) is 17.6 Å². The van der Waals surface area contributed by atoms with Gasteiger partial charge in [-0.05, 0) is 42.7 Å². The smallest absolute Gasteiger partial charge is 0.387 e. The van der Waals surface area contributed by atoms with E-state index in [-0.39, 0.29) is 23.1 Å². The molecule has 31 heavy (non-hydrogen) atoms. The topological polar surface area (TPSA) is 49.9 Å². The Bertz CT molecular complexity index is 929. The minimum Gasteiger partial charge on any atom is -0.435 e. The standard InChI is InChI=1S/C22H22F4N2O3/c1-27(13-14-2-5-17(6-3-14)31-22(25)26)20(29)15-8-10-28(11-9-15)21(30)18-7-4-16(23)12-19(18)24/h2-7,12,15,22H,8-11,13H2,1H3. The van der Waals surface area contributed by atoms with Gasteiger partial charge in [-0.15, -0.1) is 0 Å². The molecule has 1 aliphatic rings. The monoisotopic (exact) mass is 438 g/mol. The summed E-state index contributed by atoms with van der Waals surface area (Å²) in [4.78, 5) is 28.2. The zero-order valence-electron chi connectivity index (χ0n) is 16.9. The average molecular weight is 438 g/mol. The van der Waals surface area contributed by atoms with Crippen molar-refractivity contribution in [3.8, 4) is 5.75 Å². The van der Waals surface area contributed by atoms with Crippen LogP contribution < -0.4 is 4.74 Å². The molecule has 0 radical (unpaired) electrons. The van der Waals surface area contributed by atoms with E-state index in [1.807, 2.05) is 0 Å². The molecule has 0 spiro atoms. The van der Waals surface area contributed by atoms with Gasteiger partial charge in [0.1, 0.15) is 17.4 Å². The number of piperidine rings is 1. The van der Waals surface area contributed by atoms with Crippen LogP contribution in [0.2, 0.25) is 0 Å². The molecule has 2 aromatic rings. The summed E-state index contributed by atoms with van der Waals surface area (Å²) in [6, 6.07) is 8.88. The van der Waals surface area contributed by atoms with Crippen LogP contribution in [0.1, 0.15) is 28.8 Å². The van der Waals surface area contributed by atoms with E-state index >= 15 is 0 Å². The Morgan fingerprint density at radius 3 is 2.32 bits per heavy atom. The van der Waals surface area contributed by atoms with E-state index in [4.69, 9.17) is 0 Å². The zero-order valence-corrected chi connectivity index (χ0v) is 16.9. The number of rotatable bonds is 6. The molecule has 5 nitrogen and oxygen atoms in total. The number of nitrogens with zero attached hydrogens (tertiary/aromatic N) is 2.